The number of nitrogens with zero attached hydrogens (tertiary/aromatic N) is 2. The van der Waals surface area contributed by atoms with Gasteiger partial charge in [-0.25, -0.2) is 0 Å². The van der Waals surface area contributed by atoms with Crippen LogP contribution in [0.4, 0.5) is 0 Å². The lowest BCUT2D eigenvalue weighted by Crippen LogP contribution is -2.55. The number of aryl methyl sites for hydroxylation is 1. The monoisotopic (exact) mass is 320 g/mol. The zero-order chi connectivity index (χ0) is 16.8. The van der Waals surface area contributed by atoms with Crippen LogP contribution in [-0.4, -0.2) is 61.8 Å². The largest absolute Gasteiger partial charge is 0.493 e. The molecule has 1 aliphatic heterocycles. The van der Waals surface area contributed by atoms with E-state index in [2.05, 4.69) is 43.6 Å². The van der Waals surface area contributed by atoms with E-state index in [1.54, 1.807) is 7.11 Å². The van der Waals surface area contributed by atoms with Crippen LogP contribution in [0, 0.1) is 6.92 Å². The summed E-state index contributed by atoms with van der Waals surface area (Å²) in [4.78, 5) is 5.15. The molecule has 0 bridgehead atoms. The van der Waals surface area contributed by atoms with Crippen LogP contribution in [0.2, 0.25) is 0 Å². The number of methoxy groups -OCH3 is 1. The number of hydrogen-bond donors (Lipinski definition) is 0. The molecule has 1 atom stereocenters. The first kappa shape index (κ1) is 18.1. The van der Waals surface area contributed by atoms with Gasteiger partial charge in [0.1, 0.15) is 6.61 Å². The summed E-state index contributed by atoms with van der Waals surface area (Å²) in [5.41, 5.74) is 1.18. The molecule has 130 valence electrons. The summed E-state index contributed by atoms with van der Waals surface area (Å²) in [7, 11) is 1.69. The summed E-state index contributed by atoms with van der Waals surface area (Å²) in [6, 6.07) is 7.38. The number of piperazine rings is 1. The normalized spacial score (nSPS) is 20.0. The second-order valence-electron chi connectivity index (χ2n) is 6.70. The summed E-state index contributed by atoms with van der Waals surface area (Å²) in [6.45, 7) is 14.0. The summed E-state index contributed by atoms with van der Waals surface area (Å²) in [6.07, 6.45) is 1.21. The van der Waals surface area contributed by atoms with Crippen LogP contribution in [0.5, 0.6) is 11.5 Å². The van der Waals surface area contributed by atoms with Crippen molar-refractivity contribution >= 4 is 0 Å². The van der Waals surface area contributed by atoms with Crippen LogP contribution in [0.1, 0.15) is 32.8 Å². The van der Waals surface area contributed by atoms with Gasteiger partial charge < -0.3 is 9.47 Å². The van der Waals surface area contributed by atoms with Gasteiger partial charge in [-0.05, 0) is 44.9 Å². The van der Waals surface area contributed by atoms with Crippen LogP contribution in [0.3, 0.4) is 0 Å². The molecular formula is C19H32N2O2. The molecule has 1 fully saturated rings. The van der Waals surface area contributed by atoms with Crippen molar-refractivity contribution in [1.82, 2.24) is 9.80 Å². The lowest BCUT2D eigenvalue weighted by atomic mass is 10.1. The van der Waals surface area contributed by atoms with E-state index >= 15 is 0 Å². The van der Waals surface area contributed by atoms with Crippen LogP contribution in [0.15, 0.2) is 18.2 Å². The van der Waals surface area contributed by atoms with Gasteiger partial charge >= 0.3 is 0 Å². The summed E-state index contributed by atoms with van der Waals surface area (Å²) >= 11 is 0. The SMILES string of the molecule is CCC1CN(CCOc2ccc(C)cc2OC)CCN1C(C)C. The smallest absolute Gasteiger partial charge is 0.161 e. The highest BCUT2D eigenvalue weighted by atomic mass is 16.5. The molecular weight excluding hydrogens is 288 g/mol. The third-order valence-corrected chi connectivity index (χ3v) is 4.73. The number of ether oxygens (including phenoxy) is 2. The Morgan fingerprint density at radius 2 is 2.00 bits per heavy atom. The molecule has 0 spiro atoms. The first-order valence-corrected chi connectivity index (χ1v) is 8.80. The van der Waals surface area contributed by atoms with Crippen molar-refractivity contribution in [3.8, 4) is 11.5 Å². The molecule has 1 aromatic carbocycles. The van der Waals surface area contributed by atoms with E-state index < -0.39 is 0 Å². The first-order valence-electron chi connectivity index (χ1n) is 8.80. The van der Waals surface area contributed by atoms with Gasteiger partial charge in [0.15, 0.2) is 11.5 Å². The van der Waals surface area contributed by atoms with Gasteiger partial charge in [-0.15, -0.1) is 0 Å². The summed E-state index contributed by atoms with van der Waals surface area (Å²) in [5.74, 6) is 1.66. The van der Waals surface area contributed by atoms with Crippen molar-refractivity contribution in [2.75, 3.05) is 39.9 Å². The molecule has 0 saturated carbocycles. The predicted molar refractivity (Wildman–Crippen MR) is 95.6 cm³/mol. The molecule has 23 heavy (non-hydrogen) atoms. The molecule has 0 aliphatic carbocycles. The van der Waals surface area contributed by atoms with Crippen LogP contribution in [-0.2, 0) is 0 Å². The average Bonchev–Trinajstić information content (AvgIpc) is 2.55. The second kappa shape index (κ2) is 8.55. The Morgan fingerprint density at radius 3 is 2.65 bits per heavy atom. The van der Waals surface area contributed by atoms with Gasteiger partial charge in [0.25, 0.3) is 0 Å². The average molecular weight is 320 g/mol. The van der Waals surface area contributed by atoms with E-state index in [0.717, 1.165) is 37.7 Å². The van der Waals surface area contributed by atoms with E-state index in [1.165, 1.54) is 12.0 Å². The molecule has 0 aromatic heterocycles. The standard InChI is InChI=1S/C19H32N2O2/c1-6-17-14-20(9-10-21(17)15(2)3)11-12-23-18-8-7-16(4)13-19(18)22-5/h7-8,13,15,17H,6,9-12,14H2,1-5H3. The van der Waals surface area contributed by atoms with Gasteiger partial charge in [-0.1, -0.05) is 13.0 Å². The molecule has 1 aromatic rings. The van der Waals surface area contributed by atoms with Crippen molar-refractivity contribution in [3.05, 3.63) is 23.8 Å². The zero-order valence-corrected chi connectivity index (χ0v) is 15.3. The Morgan fingerprint density at radius 1 is 1.22 bits per heavy atom. The Bertz CT molecular complexity index is 490. The van der Waals surface area contributed by atoms with E-state index in [0.29, 0.717) is 18.7 Å². The second-order valence-corrected chi connectivity index (χ2v) is 6.70. The highest BCUT2D eigenvalue weighted by Gasteiger charge is 2.27. The maximum atomic E-state index is 5.95. The first-order chi connectivity index (χ1) is 11.0. The number of benzene rings is 1. The Hall–Kier alpha value is -1.26. The molecule has 1 aliphatic rings. The zero-order valence-electron chi connectivity index (χ0n) is 15.3. The number of rotatable bonds is 7. The molecule has 0 radical (unpaired) electrons. The van der Waals surface area contributed by atoms with E-state index in [4.69, 9.17) is 9.47 Å². The molecule has 4 heteroatoms. The lowest BCUT2D eigenvalue weighted by Gasteiger charge is -2.43. The van der Waals surface area contributed by atoms with E-state index in [9.17, 15) is 0 Å². The van der Waals surface area contributed by atoms with E-state index in [1.807, 2.05) is 12.1 Å². The molecule has 1 saturated heterocycles. The molecule has 2 rings (SSSR count). The molecule has 0 amide bonds. The molecule has 1 unspecified atom stereocenters. The van der Waals surface area contributed by atoms with Crippen LogP contribution < -0.4 is 9.47 Å². The van der Waals surface area contributed by atoms with Crippen LogP contribution >= 0.6 is 0 Å². The van der Waals surface area contributed by atoms with Crippen molar-refractivity contribution < 1.29 is 9.47 Å². The van der Waals surface area contributed by atoms with E-state index in [-0.39, 0.29) is 0 Å². The van der Waals surface area contributed by atoms with Gasteiger partial charge in [-0.2, -0.15) is 0 Å². The minimum atomic E-state index is 0.634. The maximum absolute atomic E-state index is 5.95. The third-order valence-electron chi connectivity index (χ3n) is 4.73. The maximum Gasteiger partial charge on any atom is 0.161 e. The molecule has 0 N–H and O–H groups in total. The fourth-order valence-electron chi connectivity index (χ4n) is 3.36. The predicted octanol–water partition coefficient (Wildman–Crippen LogP) is 3.19. The van der Waals surface area contributed by atoms with Crippen LogP contribution in [0.25, 0.3) is 0 Å². The van der Waals surface area contributed by atoms with Crippen molar-refractivity contribution in [1.29, 1.82) is 0 Å². The van der Waals surface area contributed by atoms with Gasteiger partial charge in [0, 0.05) is 38.3 Å². The summed E-state index contributed by atoms with van der Waals surface area (Å²) in [5, 5.41) is 0. The van der Waals surface area contributed by atoms with Crippen molar-refractivity contribution in [3.63, 3.8) is 0 Å². The Kier molecular flexibility index (Phi) is 6.72. The fourth-order valence-corrected chi connectivity index (χ4v) is 3.36. The third kappa shape index (κ3) is 4.85. The van der Waals surface area contributed by atoms with Gasteiger partial charge in [0.05, 0.1) is 7.11 Å². The summed E-state index contributed by atoms with van der Waals surface area (Å²) < 4.78 is 11.3. The number of hydrogen-bond acceptors (Lipinski definition) is 4. The quantitative estimate of drug-likeness (QED) is 0.770. The molecule has 4 nitrogen and oxygen atoms in total. The minimum absolute atomic E-state index is 0.634. The van der Waals surface area contributed by atoms with Gasteiger partial charge in [-0.3, -0.25) is 9.80 Å². The highest BCUT2D eigenvalue weighted by molar-refractivity contribution is 5.42. The molecule has 1 heterocycles. The Balaban J connectivity index is 1.83. The topological polar surface area (TPSA) is 24.9 Å². The minimum Gasteiger partial charge on any atom is -0.493 e. The fraction of sp³-hybridized carbons (Fsp3) is 0.684. The van der Waals surface area contributed by atoms with Crippen molar-refractivity contribution in [2.45, 2.75) is 46.2 Å². The highest BCUT2D eigenvalue weighted by Crippen LogP contribution is 2.27. The Labute approximate surface area is 141 Å². The lowest BCUT2D eigenvalue weighted by molar-refractivity contribution is 0.0431. The van der Waals surface area contributed by atoms with Crippen molar-refractivity contribution in [2.24, 2.45) is 0 Å². The van der Waals surface area contributed by atoms with Gasteiger partial charge in [0.2, 0.25) is 0 Å².